The number of nitrogens with zero attached hydrogens (tertiary/aromatic N) is 1. The van der Waals surface area contributed by atoms with Crippen LogP contribution >= 0.6 is 0 Å². The fraction of sp³-hybridized carbons (Fsp3) is 0.600. The number of carboxylic acid groups (broad SMARTS) is 1. The SMILES string of the molecule is CCCCC/C=C/C/C=C/C/C=C/C/C=C/CCCC(=O)N1CC(O)CC1C(=O)O. The summed E-state index contributed by atoms with van der Waals surface area (Å²) in [6.45, 7) is 2.35. The predicted molar refractivity (Wildman–Crippen MR) is 122 cm³/mol. The number of hydrogen-bond donors (Lipinski definition) is 2. The Bertz CT molecular complexity index is 606. The summed E-state index contributed by atoms with van der Waals surface area (Å²) in [5, 5.41) is 18.7. The molecule has 1 fully saturated rings. The van der Waals surface area contributed by atoms with E-state index in [-0.39, 0.29) is 18.9 Å². The zero-order valence-electron chi connectivity index (χ0n) is 18.4. The number of unbranched alkanes of at least 4 members (excludes halogenated alkanes) is 4. The Hall–Kier alpha value is -2.14. The lowest BCUT2D eigenvalue weighted by atomic mass is 10.1. The van der Waals surface area contributed by atoms with Gasteiger partial charge in [-0.1, -0.05) is 68.4 Å². The summed E-state index contributed by atoms with van der Waals surface area (Å²) in [4.78, 5) is 24.6. The summed E-state index contributed by atoms with van der Waals surface area (Å²) in [6.07, 6.45) is 26.4. The molecule has 0 spiro atoms. The summed E-state index contributed by atoms with van der Waals surface area (Å²) in [7, 11) is 0. The van der Waals surface area contributed by atoms with E-state index in [9.17, 15) is 14.7 Å². The molecule has 1 amide bonds. The van der Waals surface area contributed by atoms with E-state index in [1.807, 2.05) is 0 Å². The monoisotopic (exact) mass is 417 g/mol. The van der Waals surface area contributed by atoms with Gasteiger partial charge in [0, 0.05) is 19.4 Å². The predicted octanol–water partition coefficient (Wildman–Crippen LogP) is 5.18. The van der Waals surface area contributed by atoms with E-state index in [1.54, 1.807) is 0 Å². The van der Waals surface area contributed by atoms with Crippen LogP contribution in [0, 0.1) is 0 Å². The first-order valence-electron chi connectivity index (χ1n) is 11.4. The van der Waals surface area contributed by atoms with Gasteiger partial charge >= 0.3 is 5.97 Å². The van der Waals surface area contributed by atoms with Gasteiger partial charge in [0.25, 0.3) is 0 Å². The molecule has 0 aromatic carbocycles. The van der Waals surface area contributed by atoms with Gasteiger partial charge in [-0.15, -0.1) is 0 Å². The van der Waals surface area contributed by atoms with Crippen LogP contribution in [0.25, 0.3) is 0 Å². The largest absolute Gasteiger partial charge is 0.480 e. The Balaban J connectivity index is 2.05. The Morgan fingerprint density at radius 3 is 1.93 bits per heavy atom. The molecule has 0 aromatic rings. The first kappa shape index (κ1) is 25.9. The van der Waals surface area contributed by atoms with Crippen LogP contribution in [0.3, 0.4) is 0 Å². The summed E-state index contributed by atoms with van der Waals surface area (Å²) in [6, 6.07) is -0.885. The lowest BCUT2D eigenvalue weighted by Crippen LogP contribution is -2.40. The highest BCUT2D eigenvalue weighted by Crippen LogP contribution is 2.19. The van der Waals surface area contributed by atoms with Crippen LogP contribution in [0.2, 0.25) is 0 Å². The quantitative estimate of drug-likeness (QED) is 0.284. The Labute approximate surface area is 181 Å². The molecule has 0 radical (unpaired) electrons. The van der Waals surface area contributed by atoms with Crippen molar-refractivity contribution in [2.75, 3.05) is 6.54 Å². The molecule has 1 saturated heterocycles. The third-order valence-corrected chi connectivity index (χ3v) is 5.10. The number of carbonyl (C=O) groups is 2. The topological polar surface area (TPSA) is 77.8 Å². The molecule has 2 N–H and O–H groups in total. The van der Waals surface area contributed by atoms with Crippen LogP contribution < -0.4 is 0 Å². The second kappa shape index (κ2) is 16.6. The number of aliphatic carboxylic acids is 1. The molecular weight excluding hydrogens is 378 g/mol. The molecule has 1 heterocycles. The van der Waals surface area contributed by atoms with E-state index in [0.717, 1.165) is 25.7 Å². The standard InChI is InChI=1S/C25H39NO4/c1-2-3-4-5-6-7-8-9-10-11-12-13-14-15-16-17-18-19-24(28)26-21-22(27)20-23(26)25(29)30/h6-7,9-10,12-13,15-16,22-23,27H,2-5,8,11,14,17-21H2,1H3,(H,29,30)/b7-6+,10-9+,13-12+,16-15+. The molecule has 2 unspecified atom stereocenters. The Kier molecular flexibility index (Phi) is 14.4. The number of aliphatic hydroxyl groups is 1. The van der Waals surface area contributed by atoms with Crippen molar-refractivity contribution < 1.29 is 19.8 Å². The Morgan fingerprint density at radius 2 is 1.40 bits per heavy atom. The minimum atomic E-state index is -1.04. The van der Waals surface area contributed by atoms with Crippen LogP contribution in [0.5, 0.6) is 0 Å². The highest BCUT2D eigenvalue weighted by Gasteiger charge is 2.38. The summed E-state index contributed by atoms with van der Waals surface area (Å²) < 4.78 is 0. The number of aliphatic hydroxyl groups excluding tert-OH is 1. The molecule has 0 bridgehead atoms. The third-order valence-electron chi connectivity index (χ3n) is 5.10. The van der Waals surface area contributed by atoms with Gasteiger partial charge < -0.3 is 15.1 Å². The van der Waals surface area contributed by atoms with Crippen molar-refractivity contribution in [2.45, 2.75) is 89.7 Å². The number of carbonyl (C=O) groups excluding carboxylic acids is 1. The van der Waals surface area contributed by atoms with Crippen molar-refractivity contribution in [3.8, 4) is 0 Å². The summed E-state index contributed by atoms with van der Waals surface area (Å²) in [5.74, 6) is -1.23. The Morgan fingerprint density at radius 1 is 0.867 bits per heavy atom. The average molecular weight is 418 g/mol. The van der Waals surface area contributed by atoms with Crippen molar-refractivity contribution in [3.05, 3.63) is 48.6 Å². The maximum atomic E-state index is 12.2. The molecule has 5 heteroatoms. The highest BCUT2D eigenvalue weighted by atomic mass is 16.4. The van der Waals surface area contributed by atoms with Crippen LogP contribution in [-0.2, 0) is 9.59 Å². The van der Waals surface area contributed by atoms with Crippen molar-refractivity contribution in [2.24, 2.45) is 0 Å². The van der Waals surface area contributed by atoms with E-state index in [4.69, 9.17) is 5.11 Å². The van der Waals surface area contributed by atoms with E-state index in [1.165, 1.54) is 30.6 Å². The maximum Gasteiger partial charge on any atom is 0.326 e. The summed E-state index contributed by atoms with van der Waals surface area (Å²) >= 11 is 0. The zero-order valence-corrected chi connectivity index (χ0v) is 18.4. The van der Waals surface area contributed by atoms with Crippen molar-refractivity contribution in [1.29, 1.82) is 0 Å². The molecular formula is C25H39NO4. The normalized spacial score (nSPS) is 19.9. The number of carboxylic acids is 1. The molecule has 0 aliphatic carbocycles. The minimum Gasteiger partial charge on any atom is -0.480 e. The van der Waals surface area contributed by atoms with Gasteiger partial charge in [-0.25, -0.2) is 4.79 Å². The molecule has 0 saturated carbocycles. The van der Waals surface area contributed by atoms with E-state index >= 15 is 0 Å². The number of rotatable bonds is 15. The number of likely N-dealkylation sites (tertiary alicyclic amines) is 1. The number of β-amino-alcohol motifs (C(OH)–C–C–N with tert-alkyl or cyclic N) is 1. The number of hydrogen-bond acceptors (Lipinski definition) is 3. The lowest BCUT2D eigenvalue weighted by molar-refractivity contribution is -0.148. The fourth-order valence-corrected chi connectivity index (χ4v) is 3.40. The summed E-state index contributed by atoms with van der Waals surface area (Å²) in [5.41, 5.74) is 0. The second-order valence-corrected chi connectivity index (χ2v) is 7.77. The molecule has 30 heavy (non-hydrogen) atoms. The number of allylic oxidation sites excluding steroid dienone is 8. The first-order valence-corrected chi connectivity index (χ1v) is 11.4. The van der Waals surface area contributed by atoms with E-state index in [2.05, 4.69) is 55.5 Å². The molecule has 5 nitrogen and oxygen atoms in total. The molecule has 0 aromatic heterocycles. The van der Waals surface area contributed by atoms with Gasteiger partial charge in [0.2, 0.25) is 5.91 Å². The highest BCUT2D eigenvalue weighted by molar-refractivity contribution is 5.84. The van der Waals surface area contributed by atoms with Crippen LogP contribution in [-0.4, -0.2) is 45.7 Å². The smallest absolute Gasteiger partial charge is 0.326 e. The molecule has 1 aliphatic heterocycles. The van der Waals surface area contributed by atoms with E-state index < -0.39 is 18.1 Å². The van der Waals surface area contributed by atoms with Crippen LogP contribution in [0.4, 0.5) is 0 Å². The van der Waals surface area contributed by atoms with Gasteiger partial charge in [-0.3, -0.25) is 4.79 Å². The lowest BCUT2D eigenvalue weighted by Gasteiger charge is -2.20. The molecule has 1 rings (SSSR count). The fourth-order valence-electron chi connectivity index (χ4n) is 3.40. The van der Waals surface area contributed by atoms with Gasteiger partial charge in [-0.2, -0.15) is 0 Å². The van der Waals surface area contributed by atoms with E-state index in [0.29, 0.717) is 12.8 Å². The molecule has 168 valence electrons. The van der Waals surface area contributed by atoms with Crippen molar-refractivity contribution in [1.82, 2.24) is 4.90 Å². The van der Waals surface area contributed by atoms with Crippen molar-refractivity contribution in [3.63, 3.8) is 0 Å². The van der Waals surface area contributed by atoms with Crippen LogP contribution in [0.15, 0.2) is 48.6 Å². The number of amides is 1. The first-order chi connectivity index (χ1) is 14.6. The van der Waals surface area contributed by atoms with Crippen LogP contribution in [0.1, 0.15) is 77.6 Å². The zero-order chi connectivity index (χ0) is 22.0. The minimum absolute atomic E-state index is 0.123. The second-order valence-electron chi connectivity index (χ2n) is 7.77. The van der Waals surface area contributed by atoms with Gasteiger partial charge in [0.1, 0.15) is 6.04 Å². The van der Waals surface area contributed by atoms with Crippen molar-refractivity contribution >= 4 is 11.9 Å². The maximum absolute atomic E-state index is 12.2. The van der Waals surface area contributed by atoms with Gasteiger partial charge in [0.05, 0.1) is 6.10 Å². The molecule has 2 atom stereocenters. The third kappa shape index (κ3) is 11.8. The van der Waals surface area contributed by atoms with Gasteiger partial charge in [0.15, 0.2) is 0 Å². The van der Waals surface area contributed by atoms with Gasteiger partial charge in [-0.05, 0) is 44.9 Å². The molecule has 1 aliphatic rings. The average Bonchev–Trinajstić information content (AvgIpc) is 3.12.